The van der Waals surface area contributed by atoms with E-state index in [1.165, 1.54) is 17.7 Å². The monoisotopic (exact) mass is 226 g/mol. The van der Waals surface area contributed by atoms with Crippen LogP contribution < -0.4 is 5.32 Å². The topological polar surface area (TPSA) is 34.2 Å². The highest BCUT2D eigenvalue weighted by Gasteiger charge is 2.23. The molecule has 4 heteroatoms. The summed E-state index contributed by atoms with van der Waals surface area (Å²) < 4.78 is 5.39. The summed E-state index contributed by atoms with van der Waals surface area (Å²) in [5.41, 5.74) is 1.91. The summed E-state index contributed by atoms with van der Waals surface area (Å²) in [5.74, 6) is 0.755. The molecule has 0 aliphatic carbocycles. The normalized spacial score (nSPS) is 20.3. The van der Waals surface area contributed by atoms with Crippen LogP contribution >= 0.6 is 11.3 Å². The minimum absolute atomic E-state index is 0.578. The van der Waals surface area contributed by atoms with E-state index in [1.54, 1.807) is 11.3 Å². The van der Waals surface area contributed by atoms with Crippen molar-refractivity contribution in [1.29, 1.82) is 0 Å². The van der Waals surface area contributed by atoms with Crippen LogP contribution in [0, 0.1) is 5.92 Å². The fourth-order valence-corrected chi connectivity index (χ4v) is 2.84. The van der Waals surface area contributed by atoms with Crippen LogP contribution in [0.25, 0.3) is 0 Å². The Labute approximate surface area is 94.9 Å². The molecule has 1 aromatic rings. The average molecular weight is 226 g/mol. The first-order chi connectivity index (χ1) is 7.40. The number of nitrogens with one attached hydrogen (secondary N) is 1. The lowest BCUT2D eigenvalue weighted by molar-refractivity contribution is 0.0548. The summed E-state index contributed by atoms with van der Waals surface area (Å²) in [6, 6.07) is 0.578. The molecule has 2 rings (SSSR count). The highest BCUT2D eigenvalue weighted by molar-refractivity contribution is 7.09. The maximum absolute atomic E-state index is 5.39. The largest absolute Gasteiger partial charge is 0.381 e. The predicted octanol–water partition coefficient (Wildman–Crippen LogP) is 1.70. The Morgan fingerprint density at radius 2 is 2.40 bits per heavy atom. The van der Waals surface area contributed by atoms with Gasteiger partial charge in [0.25, 0.3) is 0 Å². The minimum Gasteiger partial charge on any atom is -0.381 e. The summed E-state index contributed by atoms with van der Waals surface area (Å²) in [6.07, 6.45) is 5.45. The van der Waals surface area contributed by atoms with Gasteiger partial charge in [-0.25, -0.2) is 0 Å². The third-order valence-electron chi connectivity index (χ3n) is 3.11. The number of nitrogens with zero attached hydrogens (tertiary/aromatic N) is 1. The van der Waals surface area contributed by atoms with E-state index in [-0.39, 0.29) is 0 Å². The summed E-state index contributed by atoms with van der Waals surface area (Å²) >= 11 is 1.75. The van der Waals surface area contributed by atoms with Crippen LogP contribution in [0.2, 0.25) is 0 Å². The van der Waals surface area contributed by atoms with Crippen molar-refractivity contribution in [3.05, 3.63) is 16.6 Å². The Morgan fingerprint density at radius 1 is 1.60 bits per heavy atom. The molecule has 0 spiro atoms. The molecule has 15 heavy (non-hydrogen) atoms. The van der Waals surface area contributed by atoms with E-state index in [0.29, 0.717) is 6.04 Å². The molecule has 0 aromatic carbocycles. The standard InChI is InChI=1S/C11H18N2OS/c1-12-11(6-10-7-13-8-15-10)9-2-4-14-5-3-9/h7-9,11-12H,2-6H2,1H3. The number of likely N-dealkylation sites (N-methyl/N-ethyl adjacent to an activating group) is 1. The smallest absolute Gasteiger partial charge is 0.0794 e. The van der Waals surface area contributed by atoms with Crippen molar-refractivity contribution >= 4 is 11.3 Å². The lowest BCUT2D eigenvalue weighted by Gasteiger charge is -2.29. The molecule has 1 unspecified atom stereocenters. The van der Waals surface area contributed by atoms with E-state index >= 15 is 0 Å². The zero-order valence-corrected chi connectivity index (χ0v) is 9.93. The van der Waals surface area contributed by atoms with Crippen LogP contribution in [0.3, 0.4) is 0 Å². The van der Waals surface area contributed by atoms with Gasteiger partial charge in [0.05, 0.1) is 5.51 Å². The SMILES string of the molecule is CNC(Cc1cncs1)C1CCOCC1. The molecule has 1 fully saturated rings. The van der Waals surface area contributed by atoms with E-state index in [1.807, 2.05) is 11.7 Å². The summed E-state index contributed by atoms with van der Waals surface area (Å²) in [7, 11) is 2.06. The maximum Gasteiger partial charge on any atom is 0.0794 e. The zero-order valence-electron chi connectivity index (χ0n) is 9.11. The summed E-state index contributed by atoms with van der Waals surface area (Å²) in [6.45, 7) is 1.84. The van der Waals surface area contributed by atoms with Crippen molar-refractivity contribution in [3.8, 4) is 0 Å². The first-order valence-electron chi connectivity index (χ1n) is 5.52. The molecule has 0 amide bonds. The Balaban J connectivity index is 1.91. The second kappa shape index (κ2) is 5.58. The van der Waals surface area contributed by atoms with E-state index < -0.39 is 0 Å². The van der Waals surface area contributed by atoms with E-state index in [0.717, 1.165) is 25.6 Å². The van der Waals surface area contributed by atoms with Gasteiger partial charge in [-0.3, -0.25) is 4.98 Å². The molecule has 0 radical (unpaired) electrons. The quantitative estimate of drug-likeness (QED) is 0.848. The fourth-order valence-electron chi connectivity index (χ4n) is 2.18. The van der Waals surface area contributed by atoms with Gasteiger partial charge in [-0.05, 0) is 32.2 Å². The Hall–Kier alpha value is -0.450. The minimum atomic E-state index is 0.578. The number of thiazole rings is 1. The lowest BCUT2D eigenvalue weighted by Crippen LogP contribution is -2.38. The number of rotatable bonds is 4. The zero-order chi connectivity index (χ0) is 10.5. The van der Waals surface area contributed by atoms with Gasteiger partial charge in [-0.2, -0.15) is 0 Å². The molecule has 3 nitrogen and oxygen atoms in total. The second-order valence-electron chi connectivity index (χ2n) is 4.02. The molecule has 0 bridgehead atoms. The van der Waals surface area contributed by atoms with Crippen molar-refractivity contribution in [2.75, 3.05) is 20.3 Å². The van der Waals surface area contributed by atoms with Crippen LogP contribution in [0.1, 0.15) is 17.7 Å². The first kappa shape index (κ1) is 11.0. The van der Waals surface area contributed by atoms with Gasteiger partial charge < -0.3 is 10.1 Å². The van der Waals surface area contributed by atoms with Gasteiger partial charge in [-0.1, -0.05) is 0 Å². The Morgan fingerprint density at radius 3 is 3.00 bits per heavy atom. The first-order valence-corrected chi connectivity index (χ1v) is 6.40. The Kier molecular flexibility index (Phi) is 4.11. The average Bonchev–Trinajstić information content (AvgIpc) is 2.80. The van der Waals surface area contributed by atoms with Crippen LogP contribution in [-0.4, -0.2) is 31.3 Å². The number of aromatic nitrogens is 1. The molecule has 1 aromatic heterocycles. The predicted molar refractivity (Wildman–Crippen MR) is 62.2 cm³/mol. The molecule has 1 saturated heterocycles. The van der Waals surface area contributed by atoms with Gasteiger partial charge in [0.2, 0.25) is 0 Å². The van der Waals surface area contributed by atoms with Crippen LogP contribution in [0.15, 0.2) is 11.7 Å². The fraction of sp³-hybridized carbons (Fsp3) is 0.727. The van der Waals surface area contributed by atoms with E-state index in [9.17, 15) is 0 Å². The van der Waals surface area contributed by atoms with Crippen LogP contribution in [-0.2, 0) is 11.2 Å². The van der Waals surface area contributed by atoms with Crippen LogP contribution in [0.4, 0.5) is 0 Å². The van der Waals surface area contributed by atoms with Gasteiger partial charge in [0.1, 0.15) is 0 Å². The van der Waals surface area contributed by atoms with E-state index in [4.69, 9.17) is 4.74 Å². The third-order valence-corrected chi connectivity index (χ3v) is 3.91. The number of ether oxygens (including phenoxy) is 1. The molecule has 2 heterocycles. The molecule has 0 saturated carbocycles. The lowest BCUT2D eigenvalue weighted by atomic mass is 9.89. The van der Waals surface area contributed by atoms with Crippen molar-refractivity contribution in [2.24, 2.45) is 5.92 Å². The molecule has 1 aliphatic rings. The molecule has 1 aliphatic heterocycles. The summed E-state index contributed by atoms with van der Waals surface area (Å²) in [4.78, 5) is 5.50. The third kappa shape index (κ3) is 3.00. The maximum atomic E-state index is 5.39. The van der Waals surface area contributed by atoms with Gasteiger partial charge in [0, 0.05) is 30.3 Å². The molecule has 84 valence electrons. The van der Waals surface area contributed by atoms with Gasteiger partial charge in [0.15, 0.2) is 0 Å². The van der Waals surface area contributed by atoms with Crippen molar-refractivity contribution in [1.82, 2.24) is 10.3 Å². The number of hydrogen-bond acceptors (Lipinski definition) is 4. The highest BCUT2D eigenvalue weighted by Crippen LogP contribution is 2.22. The van der Waals surface area contributed by atoms with Crippen molar-refractivity contribution in [2.45, 2.75) is 25.3 Å². The van der Waals surface area contributed by atoms with Crippen molar-refractivity contribution < 1.29 is 4.74 Å². The molecular formula is C11H18N2OS. The van der Waals surface area contributed by atoms with Crippen molar-refractivity contribution in [3.63, 3.8) is 0 Å². The summed E-state index contributed by atoms with van der Waals surface area (Å²) in [5, 5.41) is 3.43. The van der Waals surface area contributed by atoms with Crippen LogP contribution in [0.5, 0.6) is 0 Å². The van der Waals surface area contributed by atoms with Gasteiger partial charge in [-0.15, -0.1) is 11.3 Å². The highest BCUT2D eigenvalue weighted by atomic mass is 32.1. The van der Waals surface area contributed by atoms with Gasteiger partial charge >= 0.3 is 0 Å². The Bertz CT molecular complexity index is 270. The number of hydrogen-bond donors (Lipinski definition) is 1. The molecule has 1 atom stereocenters. The second-order valence-corrected chi connectivity index (χ2v) is 4.99. The molecular weight excluding hydrogens is 208 g/mol. The van der Waals surface area contributed by atoms with E-state index in [2.05, 4.69) is 17.3 Å². The molecule has 1 N–H and O–H groups in total.